The fourth-order valence-electron chi connectivity index (χ4n) is 3.42. The lowest BCUT2D eigenvalue weighted by molar-refractivity contribution is -0.130. The van der Waals surface area contributed by atoms with E-state index in [4.69, 9.17) is 0 Å². The molecule has 27 heavy (non-hydrogen) atoms. The molecule has 4 rings (SSSR count). The largest absolute Gasteiger partial charge is 0.503 e. The number of carbonyl (C=O) groups excluding carboxylic acids is 1. The minimum absolute atomic E-state index is 0.206. The molecule has 0 bridgehead atoms. The first-order valence-electron chi connectivity index (χ1n) is 8.60. The summed E-state index contributed by atoms with van der Waals surface area (Å²) in [6, 6.07) is 22.6. The van der Waals surface area contributed by atoms with Crippen LogP contribution in [-0.4, -0.2) is 20.9 Å². The van der Waals surface area contributed by atoms with Crippen molar-refractivity contribution in [2.75, 3.05) is 0 Å². The van der Waals surface area contributed by atoms with E-state index < -0.39 is 0 Å². The van der Waals surface area contributed by atoms with E-state index in [2.05, 4.69) is 20.9 Å². The molecule has 1 aliphatic heterocycles. The third kappa shape index (κ3) is 3.38. The molecule has 134 valence electrons. The van der Waals surface area contributed by atoms with Gasteiger partial charge in [-0.1, -0.05) is 64.5 Å². The molecule has 0 radical (unpaired) electrons. The number of nitrogens with zero attached hydrogens (tertiary/aromatic N) is 2. The number of aliphatic hydroxyl groups is 1. The molecule has 1 atom stereocenters. The van der Waals surface area contributed by atoms with Crippen molar-refractivity contribution >= 4 is 27.4 Å². The number of benzene rings is 2. The molecule has 0 unspecified atom stereocenters. The minimum Gasteiger partial charge on any atom is -0.503 e. The molecule has 1 N–H and O–H groups in total. The summed E-state index contributed by atoms with van der Waals surface area (Å²) < 4.78 is 0.920. The van der Waals surface area contributed by atoms with Gasteiger partial charge < -0.3 is 10.0 Å². The molecular formula is C22H17BrN2O2. The van der Waals surface area contributed by atoms with Gasteiger partial charge >= 0.3 is 0 Å². The Balaban J connectivity index is 1.83. The number of hydrogen-bond acceptors (Lipinski definition) is 3. The van der Waals surface area contributed by atoms with E-state index in [0.29, 0.717) is 12.1 Å². The molecule has 0 fully saturated rings. The van der Waals surface area contributed by atoms with Crippen LogP contribution >= 0.6 is 15.9 Å². The summed E-state index contributed by atoms with van der Waals surface area (Å²) in [4.78, 5) is 19.0. The molecule has 4 nitrogen and oxygen atoms in total. The lowest BCUT2D eigenvalue weighted by Crippen LogP contribution is -2.30. The molecule has 2 aromatic carbocycles. The van der Waals surface area contributed by atoms with Crippen LogP contribution in [0, 0.1) is 0 Å². The summed E-state index contributed by atoms with van der Waals surface area (Å²) in [5.41, 5.74) is 3.15. The van der Waals surface area contributed by atoms with Gasteiger partial charge in [0, 0.05) is 16.2 Å². The molecule has 0 aliphatic carbocycles. The Labute approximate surface area is 165 Å². The molecule has 1 aliphatic rings. The molecule has 0 spiro atoms. The number of rotatable bonds is 4. The topological polar surface area (TPSA) is 53.4 Å². The lowest BCUT2D eigenvalue weighted by atomic mass is 9.93. The van der Waals surface area contributed by atoms with Crippen LogP contribution in [0.1, 0.15) is 22.9 Å². The van der Waals surface area contributed by atoms with Crippen LogP contribution in [0.3, 0.4) is 0 Å². The van der Waals surface area contributed by atoms with E-state index in [-0.39, 0.29) is 17.7 Å². The van der Waals surface area contributed by atoms with Gasteiger partial charge in [0.15, 0.2) is 5.76 Å². The molecule has 3 aromatic rings. The number of hydrogen-bond donors (Lipinski definition) is 1. The Bertz CT molecular complexity index is 1000. The van der Waals surface area contributed by atoms with E-state index in [1.54, 1.807) is 11.1 Å². The predicted molar refractivity (Wildman–Crippen MR) is 108 cm³/mol. The van der Waals surface area contributed by atoms with Crippen molar-refractivity contribution in [3.63, 3.8) is 0 Å². The average molecular weight is 421 g/mol. The SMILES string of the molecule is O=C1C(O)=C(c2ccccc2)[C@H](c2cccc(Br)c2)N1Cc1ccccn1. The Morgan fingerprint density at radius 3 is 2.48 bits per heavy atom. The Morgan fingerprint density at radius 1 is 1.00 bits per heavy atom. The van der Waals surface area contributed by atoms with Crippen LogP contribution in [0.25, 0.3) is 5.57 Å². The highest BCUT2D eigenvalue weighted by atomic mass is 79.9. The number of amides is 1. The van der Waals surface area contributed by atoms with Crippen molar-refractivity contribution in [2.45, 2.75) is 12.6 Å². The smallest absolute Gasteiger partial charge is 0.290 e. The quantitative estimate of drug-likeness (QED) is 0.652. The Morgan fingerprint density at radius 2 is 1.78 bits per heavy atom. The Kier molecular flexibility index (Phi) is 4.77. The van der Waals surface area contributed by atoms with Crippen molar-refractivity contribution in [1.29, 1.82) is 0 Å². The van der Waals surface area contributed by atoms with Crippen LogP contribution in [0.15, 0.2) is 89.2 Å². The predicted octanol–water partition coefficient (Wildman–Crippen LogP) is 4.90. The van der Waals surface area contributed by atoms with Gasteiger partial charge in [-0.3, -0.25) is 9.78 Å². The standard InChI is InChI=1S/C22H17BrN2O2/c23-17-10-6-9-16(13-17)20-19(15-7-2-1-3-8-15)21(26)22(27)25(20)14-18-11-4-5-12-24-18/h1-13,20,26H,14H2/t20-/m0/s1. The summed E-state index contributed by atoms with van der Waals surface area (Å²) in [6.07, 6.45) is 1.70. The molecule has 5 heteroatoms. The normalized spacial score (nSPS) is 16.9. The zero-order chi connectivity index (χ0) is 18.8. The van der Waals surface area contributed by atoms with Crippen molar-refractivity contribution in [3.05, 3.63) is 106 Å². The number of aromatic nitrogens is 1. The highest BCUT2D eigenvalue weighted by Gasteiger charge is 2.41. The summed E-state index contributed by atoms with van der Waals surface area (Å²) in [6.45, 7) is 0.317. The first-order valence-corrected chi connectivity index (χ1v) is 9.39. The van der Waals surface area contributed by atoms with Gasteiger partial charge in [0.2, 0.25) is 0 Å². The van der Waals surface area contributed by atoms with Crippen LogP contribution < -0.4 is 0 Å². The molecular weight excluding hydrogens is 404 g/mol. The maximum Gasteiger partial charge on any atom is 0.290 e. The monoisotopic (exact) mass is 420 g/mol. The third-order valence-corrected chi connectivity index (χ3v) is 5.10. The maximum atomic E-state index is 12.9. The highest BCUT2D eigenvalue weighted by Crippen LogP contribution is 2.43. The highest BCUT2D eigenvalue weighted by molar-refractivity contribution is 9.10. The van der Waals surface area contributed by atoms with Gasteiger partial charge in [0.1, 0.15) is 0 Å². The second kappa shape index (κ2) is 7.37. The van der Waals surface area contributed by atoms with Crippen LogP contribution in [-0.2, 0) is 11.3 Å². The summed E-state index contributed by atoms with van der Waals surface area (Å²) in [5.74, 6) is -0.591. The molecule has 1 amide bonds. The van der Waals surface area contributed by atoms with Gasteiger partial charge in [0.05, 0.1) is 18.3 Å². The van der Waals surface area contributed by atoms with Gasteiger partial charge in [-0.15, -0.1) is 0 Å². The van der Waals surface area contributed by atoms with E-state index in [9.17, 15) is 9.90 Å². The van der Waals surface area contributed by atoms with Crippen molar-refractivity contribution in [1.82, 2.24) is 9.88 Å². The lowest BCUT2D eigenvalue weighted by Gasteiger charge is -2.27. The number of pyridine rings is 1. The fourth-order valence-corrected chi connectivity index (χ4v) is 3.84. The summed E-state index contributed by atoms with van der Waals surface area (Å²) in [7, 11) is 0. The number of halogens is 1. The van der Waals surface area contributed by atoms with E-state index in [1.165, 1.54) is 0 Å². The zero-order valence-corrected chi connectivity index (χ0v) is 16.0. The van der Waals surface area contributed by atoms with Gasteiger partial charge in [-0.2, -0.15) is 0 Å². The first kappa shape index (κ1) is 17.5. The van der Waals surface area contributed by atoms with Gasteiger partial charge in [-0.05, 0) is 35.4 Å². The fraction of sp³-hybridized carbons (Fsp3) is 0.0909. The van der Waals surface area contributed by atoms with Crippen LogP contribution in [0.5, 0.6) is 0 Å². The van der Waals surface area contributed by atoms with Crippen LogP contribution in [0.4, 0.5) is 0 Å². The van der Waals surface area contributed by atoms with Crippen molar-refractivity contribution < 1.29 is 9.90 Å². The van der Waals surface area contributed by atoms with E-state index in [1.807, 2.05) is 72.8 Å². The number of aliphatic hydroxyl groups excluding tert-OH is 1. The average Bonchev–Trinajstić information content (AvgIpc) is 2.94. The summed E-state index contributed by atoms with van der Waals surface area (Å²) >= 11 is 3.51. The maximum absolute atomic E-state index is 12.9. The number of carbonyl (C=O) groups is 1. The first-order chi connectivity index (χ1) is 13.1. The van der Waals surface area contributed by atoms with Gasteiger partial charge in [0.25, 0.3) is 5.91 Å². The molecule has 2 heterocycles. The summed E-state index contributed by atoms with van der Waals surface area (Å²) in [5, 5.41) is 10.7. The van der Waals surface area contributed by atoms with Gasteiger partial charge in [-0.25, -0.2) is 0 Å². The minimum atomic E-state index is -0.389. The zero-order valence-electron chi connectivity index (χ0n) is 14.4. The van der Waals surface area contributed by atoms with Crippen molar-refractivity contribution in [2.24, 2.45) is 0 Å². The molecule has 0 saturated heterocycles. The second-order valence-electron chi connectivity index (χ2n) is 6.34. The molecule has 0 saturated carbocycles. The van der Waals surface area contributed by atoms with Crippen molar-refractivity contribution in [3.8, 4) is 0 Å². The van der Waals surface area contributed by atoms with E-state index in [0.717, 1.165) is 21.3 Å². The Hall–Kier alpha value is -2.92. The molecule has 1 aromatic heterocycles. The van der Waals surface area contributed by atoms with Crippen LogP contribution in [0.2, 0.25) is 0 Å². The third-order valence-electron chi connectivity index (χ3n) is 4.61. The second-order valence-corrected chi connectivity index (χ2v) is 7.26. The van der Waals surface area contributed by atoms with E-state index >= 15 is 0 Å².